The summed E-state index contributed by atoms with van der Waals surface area (Å²) in [4.78, 5) is 26.1. The van der Waals surface area contributed by atoms with E-state index in [1.54, 1.807) is 0 Å². The van der Waals surface area contributed by atoms with E-state index in [0.29, 0.717) is 37.3 Å². The van der Waals surface area contributed by atoms with Gasteiger partial charge in [-0.2, -0.15) is 0 Å². The number of benzene rings is 3. The number of hydrogen-bond acceptors (Lipinski definition) is 6. The molecule has 0 saturated carbocycles. The Morgan fingerprint density at radius 2 is 1.92 bits per heavy atom. The maximum Gasteiger partial charge on any atom is 0.343 e. The maximum absolute atomic E-state index is 16.0. The number of nitrogens with zero attached hydrogens (tertiary/aromatic N) is 1. The van der Waals surface area contributed by atoms with Gasteiger partial charge < -0.3 is 25.4 Å². The van der Waals surface area contributed by atoms with E-state index in [-0.39, 0.29) is 27.5 Å². The van der Waals surface area contributed by atoms with Crippen molar-refractivity contribution in [3.8, 4) is 16.9 Å². The van der Waals surface area contributed by atoms with Crippen LogP contribution < -0.4 is 20.7 Å². The van der Waals surface area contributed by atoms with E-state index in [9.17, 15) is 9.59 Å². The molecule has 3 N–H and O–H groups in total. The number of rotatable bonds is 6. The molecule has 1 amide bonds. The fraction of sp³-hybridized carbons (Fsp3) is 0.259. The molecule has 0 spiro atoms. The highest BCUT2D eigenvalue weighted by molar-refractivity contribution is 6.34. The third-order valence-corrected chi connectivity index (χ3v) is 7.39. The molecule has 1 fully saturated rings. The number of carbonyl (C=O) groups excluding carboxylic acids is 2. The normalized spacial score (nSPS) is 18.2. The smallest absolute Gasteiger partial charge is 0.343 e. The number of methoxy groups -OCH3 is 1. The molecule has 3 aromatic rings. The maximum atomic E-state index is 16.0. The van der Waals surface area contributed by atoms with Crippen LogP contribution in [-0.4, -0.2) is 45.2 Å². The first kappa shape index (κ1) is 25.0. The average Bonchev–Trinajstić information content (AvgIpc) is 3.24. The lowest BCUT2D eigenvalue weighted by Gasteiger charge is -2.45. The van der Waals surface area contributed by atoms with Gasteiger partial charge in [0, 0.05) is 42.9 Å². The molecule has 10 heteroatoms. The highest BCUT2D eigenvalue weighted by Gasteiger charge is 2.48. The molecule has 2 heterocycles. The number of fused-ring (bicyclic) bond motifs is 3. The second-order valence-electron chi connectivity index (χ2n) is 8.98. The molecule has 0 aliphatic carbocycles. The van der Waals surface area contributed by atoms with Crippen LogP contribution in [0, 0.1) is 11.6 Å². The van der Waals surface area contributed by atoms with Crippen molar-refractivity contribution in [2.24, 2.45) is 5.73 Å². The summed E-state index contributed by atoms with van der Waals surface area (Å²) in [5, 5.41) is 3.09. The van der Waals surface area contributed by atoms with Crippen molar-refractivity contribution < 1.29 is 27.8 Å². The Morgan fingerprint density at radius 1 is 1.16 bits per heavy atom. The summed E-state index contributed by atoms with van der Waals surface area (Å²) in [5.74, 6) is -3.70. The summed E-state index contributed by atoms with van der Waals surface area (Å²) in [7, 11) is 1.17. The molecule has 2 aliphatic rings. The Bertz CT molecular complexity index is 1400. The average molecular weight is 528 g/mol. The number of halogens is 3. The van der Waals surface area contributed by atoms with E-state index in [1.165, 1.54) is 25.3 Å². The summed E-state index contributed by atoms with van der Waals surface area (Å²) in [6.07, 6.45) is 0.375. The zero-order valence-electron chi connectivity index (χ0n) is 19.9. The Kier molecular flexibility index (Phi) is 6.51. The fourth-order valence-corrected chi connectivity index (χ4v) is 5.61. The summed E-state index contributed by atoms with van der Waals surface area (Å²) in [5.41, 5.74) is 6.77. The molecular weight excluding hydrogens is 504 g/mol. The molecule has 2 aliphatic heterocycles. The molecule has 1 saturated heterocycles. The van der Waals surface area contributed by atoms with Crippen molar-refractivity contribution in [3.05, 3.63) is 81.9 Å². The van der Waals surface area contributed by atoms with Crippen LogP contribution in [0.5, 0.6) is 5.75 Å². The van der Waals surface area contributed by atoms with Crippen LogP contribution in [0.4, 0.5) is 14.5 Å². The number of nitrogens with one attached hydrogen (secondary N) is 1. The largest absolute Gasteiger partial charge is 0.479 e. The van der Waals surface area contributed by atoms with Gasteiger partial charge in [-0.05, 0) is 29.3 Å². The lowest BCUT2D eigenvalue weighted by molar-refractivity contribution is -0.142. The summed E-state index contributed by atoms with van der Waals surface area (Å²) in [6, 6.07) is 13.6. The number of carbonyl (C=O) groups is 2. The van der Waals surface area contributed by atoms with E-state index in [4.69, 9.17) is 22.1 Å². The molecule has 0 aromatic heterocycles. The number of ether oxygens (including phenoxy) is 2. The zero-order chi connectivity index (χ0) is 26.3. The van der Waals surface area contributed by atoms with Gasteiger partial charge in [-0.15, -0.1) is 0 Å². The number of esters is 1. The predicted octanol–water partition coefficient (Wildman–Crippen LogP) is 3.80. The van der Waals surface area contributed by atoms with Crippen LogP contribution in [0.15, 0.2) is 48.5 Å². The van der Waals surface area contributed by atoms with Crippen LogP contribution in [-0.2, 0) is 21.5 Å². The molecule has 0 radical (unpaired) electrons. The van der Waals surface area contributed by atoms with Crippen LogP contribution >= 0.6 is 11.6 Å². The topological polar surface area (TPSA) is 93.9 Å². The van der Waals surface area contributed by atoms with E-state index in [1.807, 2.05) is 30.3 Å². The van der Waals surface area contributed by atoms with Crippen molar-refractivity contribution in [2.75, 3.05) is 38.3 Å². The molecule has 7 nitrogen and oxygen atoms in total. The molecule has 1 atom stereocenters. The molecule has 5 rings (SSSR count). The minimum atomic E-state index is -0.980. The molecule has 0 bridgehead atoms. The van der Waals surface area contributed by atoms with E-state index >= 15 is 8.78 Å². The zero-order valence-corrected chi connectivity index (χ0v) is 20.7. The summed E-state index contributed by atoms with van der Waals surface area (Å²) >= 11 is 6.51. The monoisotopic (exact) mass is 527 g/mol. The number of primary amides is 1. The van der Waals surface area contributed by atoms with Gasteiger partial charge >= 0.3 is 5.97 Å². The first-order valence-electron chi connectivity index (χ1n) is 11.7. The quantitative estimate of drug-likeness (QED) is 0.474. The van der Waals surface area contributed by atoms with E-state index in [0.717, 1.165) is 5.56 Å². The standard InChI is InChI=1S/C27H24ClF2N3O4/c1-36-21(34)13-37-20-8-7-16(26(31)35)23(25(20)30)22-17-12-27(15-5-3-2-4-6-15)14-32-9-10-33(27)19(17)11-18(29)24(22)28/h2-8,11,32H,9-10,12-14H2,1H3,(H2,31,35). The van der Waals surface area contributed by atoms with Gasteiger partial charge in [0.2, 0.25) is 5.91 Å². The lowest BCUT2D eigenvalue weighted by Crippen LogP contribution is -2.57. The molecule has 37 heavy (non-hydrogen) atoms. The lowest BCUT2D eigenvalue weighted by atomic mass is 9.83. The number of piperazine rings is 1. The van der Waals surface area contributed by atoms with Gasteiger partial charge in [0.15, 0.2) is 18.2 Å². The van der Waals surface area contributed by atoms with Crippen molar-refractivity contribution in [1.82, 2.24) is 5.32 Å². The second-order valence-corrected chi connectivity index (χ2v) is 9.36. The number of nitrogens with two attached hydrogens (primary N) is 1. The van der Waals surface area contributed by atoms with E-state index in [2.05, 4.69) is 15.0 Å². The second kappa shape index (κ2) is 9.64. The predicted molar refractivity (Wildman–Crippen MR) is 135 cm³/mol. The van der Waals surface area contributed by atoms with Crippen molar-refractivity contribution in [3.63, 3.8) is 0 Å². The third kappa shape index (κ3) is 4.08. The molecule has 3 aromatic carbocycles. The highest BCUT2D eigenvalue weighted by atomic mass is 35.5. The minimum Gasteiger partial charge on any atom is -0.479 e. The highest BCUT2D eigenvalue weighted by Crippen LogP contribution is 2.52. The van der Waals surface area contributed by atoms with Gasteiger partial charge in [-0.25, -0.2) is 13.6 Å². The summed E-state index contributed by atoms with van der Waals surface area (Å²) in [6.45, 7) is 1.26. The molecular formula is C27H24ClF2N3O4. The molecule has 1 unspecified atom stereocenters. The Balaban J connectivity index is 1.74. The summed E-state index contributed by atoms with van der Waals surface area (Å²) < 4.78 is 41.2. The Labute approximate surface area is 217 Å². The van der Waals surface area contributed by atoms with Crippen LogP contribution in [0.2, 0.25) is 5.02 Å². The van der Waals surface area contributed by atoms with Gasteiger partial charge in [0.25, 0.3) is 0 Å². The number of anilines is 1. The Morgan fingerprint density at radius 3 is 2.62 bits per heavy atom. The number of hydrogen-bond donors (Lipinski definition) is 2. The molecule has 192 valence electrons. The van der Waals surface area contributed by atoms with Crippen LogP contribution in [0.3, 0.4) is 0 Å². The fourth-order valence-electron chi connectivity index (χ4n) is 5.35. The van der Waals surface area contributed by atoms with Crippen molar-refractivity contribution in [1.29, 1.82) is 0 Å². The first-order chi connectivity index (χ1) is 17.8. The minimum absolute atomic E-state index is 0.0381. The van der Waals surface area contributed by atoms with Crippen molar-refractivity contribution >= 4 is 29.2 Å². The van der Waals surface area contributed by atoms with E-state index < -0.39 is 35.7 Å². The van der Waals surface area contributed by atoms with Gasteiger partial charge in [-0.1, -0.05) is 41.9 Å². The third-order valence-electron chi connectivity index (χ3n) is 7.02. The number of amides is 1. The SMILES string of the molecule is COC(=O)COc1ccc(C(N)=O)c(-c2c(Cl)c(F)cc3c2CC2(c4ccccc4)CNCCN32)c1F. The first-order valence-corrected chi connectivity index (χ1v) is 12.0. The Hall–Kier alpha value is -3.69. The van der Waals surface area contributed by atoms with Crippen LogP contribution in [0.25, 0.3) is 11.1 Å². The van der Waals surface area contributed by atoms with Crippen molar-refractivity contribution in [2.45, 2.75) is 12.0 Å². The van der Waals surface area contributed by atoms with Crippen LogP contribution in [0.1, 0.15) is 21.5 Å². The van der Waals surface area contributed by atoms with Gasteiger partial charge in [-0.3, -0.25) is 4.79 Å². The van der Waals surface area contributed by atoms with Gasteiger partial charge in [0.05, 0.1) is 23.2 Å². The van der Waals surface area contributed by atoms with Gasteiger partial charge in [0.1, 0.15) is 5.82 Å².